The fraction of sp³-hybridized carbons (Fsp3) is 0.480. The molecule has 0 N–H and O–H groups in total. The van der Waals surface area contributed by atoms with Gasteiger partial charge >= 0.3 is 18.0 Å². The summed E-state index contributed by atoms with van der Waals surface area (Å²) in [7, 11) is 2.70. The number of nitrogens with zero attached hydrogens (tertiary/aromatic N) is 1. The van der Waals surface area contributed by atoms with Crippen LogP contribution in [0.3, 0.4) is 0 Å². The first kappa shape index (κ1) is 25.2. The van der Waals surface area contributed by atoms with E-state index in [0.717, 1.165) is 38.0 Å². The van der Waals surface area contributed by atoms with Crippen LogP contribution in [0.25, 0.3) is 19.5 Å². The van der Waals surface area contributed by atoms with Crippen molar-refractivity contribution in [1.82, 2.24) is 0 Å². The number of rotatable bonds is 8. The number of amides is 1. The monoisotopic (exact) mass is 519 g/mol. The van der Waals surface area contributed by atoms with Gasteiger partial charge in [0, 0.05) is 11.9 Å². The van der Waals surface area contributed by atoms with E-state index in [-0.39, 0.29) is 18.1 Å². The number of ether oxygens (including phenoxy) is 4. The van der Waals surface area contributed by atoms with Crippen LogP contribution in [0, 0.1) is 5.92 Å². The smallest absolute Gasteiger partial charge is 0.414 e. The summed E-state index contributed by atoms with van der Waals surface area (Å²) >= 11 is 2.68. The van der Waals surface area contributed by atoms with E-state index in [1.807, 2.05) is 18.2 Å². The summed E-state index contributed by atoms with van der Waals surface area (Å²) in [5.41, 5.74) is 0.768. The Kier molecular flexibility index (Phi) is 8.12. The summed E-state index contributed by atoms with van der Waals surface area (Å²) in [5, 5.41) is 0.904. The van der Waals surface area contributed by atoms with Crippen molar-refractivity contribution in [2.75, 3.05) is 38.9 Å². The maximum absolute atomic E-state index is 12.8. The molecule has 35 heavy (non-hydrogen) atoms. The number of anilines is 1. The second-order valence-electron chi connectivity index (χ2n) is 8.34. The molecule has 0 radical (unpaired) electrons. The van der Waals surface area contributed by atoms with Crippen molar-refractivity contribution in [1.29, 1.82) is 0 Å². The van der Waals surface area contributed by atoms with E-state index in [1.54, 1.807) is 11.8 Å². The fourth-order valence-electron chi connectivity index (χ4n) is 4.50. The van der Waals surface area contributed by atoms with E-state index in [2.05, 4.69) is 0 Å². The topological polar surface area (TPSA) is 91.4 Å². The zero-order chi connectivity index (χ0) is 24.9. The molecular formula is C25H29NO7S2. The normalized spacial score (nSPS) is 14.1. The zero-order valence-electron chi connectivity index (χ0n) is 20.1. The van der Waals surface area contributed by atoms with Crippen LogP contribution in [-0.2, 0) is 19.0 Å². The Morgan fingerprint density at radius 2 is 1.77 bits per heavy atom. The molecule has 0 bridgehead atoms. The molecule has 1 amide bonds. The van der Waals surface area contributed by atoms with Gasteiger partial charge in [0.25, 0.3) is 0 Å². The second-order valence-corrected chi connectivity index (χ2v) is 10.4. The van der Waals surface area contributed by atoms with Gasteiger partial charge in [0.1, 0.15) is 0 Å². The summed E-state index contributed by atoms with van der Waals surface area (Å²) < 4.78 is 23.3. The Hall–Kier alpha value is -2.85. The lowest BCUT2D eigenvalue weighted by molar-refractivity contribution is -0.145. The molecule has 0 atom stereocenters. The highest BCUT2D eigenvalue weighted by atomic mass is 32.1. The van der Waals surface area contributed by atoms with E-state index in [1.165, 1.54) is 56.2 Å². The lowest BCUT2D eigenvalue weighted by Gasteiger charge is -2.29. The fourth-order valence-corrected chi connectivity index (χ4v) is 7.19. The van der Waals surface area contributed by atoms with Gasteiger partial charge in [-0.25, -0.2) is 14.4 Å². The van der Waals surface area contributed by atoms with Crippen molar-refractivity contribution in [2.45, 2.75) is 39.0 Å². The van der Waals surface area contributed by atoms with Crippen molar-refractivity contribution < 1.29 is 33.3 Å². The third kappa shape index (κ3) is 5.23. The number of esters is 2. The van der Waals surface area contributed by atoms with Gasteiger partial charge in [-0.3, -0.25) is 4.90 Å². The number of carbonyl (C=O) groups is 3. The SMILES string of the molecule is CCOC(=O)COc1c(C(=O)OC)sc2c1sc1c(N(CC3CCCCC3)C(=O)OC)cccc12. The van der Waals surface area contributed by atoms with Crippen molar-refractivity contribution in [3.63, 3.8) is 0 Å². The van der Waals surface area contributed by atoms with Crippen LogP contribution in [0.2, 0.25) is 0 Å². The molecule has 1 fully saturated rings. The van der Waals surface area contributed by atoms with Gasteiger partial charge < -0.3 is 18.9 Å². The molecule has 1 aliphatic rings. The Bertz CT molecular complexity index is 1230. The predicted molar refractivity (Wildman–Crippen MR) is 137 cm³/mol. The Morgan fingerprint density at radius 1 is 1.00 bits per heavy atom. The van der Waals surface area contributed by atoms with Gasteiger partial charge in [-0.05, 0) is 31.7 Å². The molecule has 10 heteroatoms. The van der Waals surface area contributed by atoms with Gasteiger partial charge in [-0.15, -0.1) is 22.7 Å². The van der Waals surface area contributed by atoms with Crippen molar-refractivity contribution in [3.8, 4) is 5.75 Å². The van der Waals surface area contributed by atoms with Crippen molar-refractivity contribution in [2.24, 2.45) is 5.92 Å². The molecule has 0 saturated heterocycles. The van der Waals surface area contributed by atoms with Gasteiger partial charge in [0.05, 0.1) is 40.6 Å². The average Bonchev–Trinajstić information content (AvgIpc) is 3.42. The van der Waals surface area contributed by atoms with E-state index >= 15 is 0 Å². The summed E-state index contributed by atoms with van der Waals surface area (Å²) in [6, 6.07) is 5.78. The van der Waals surface area contributed by atoms with Crippen LogP contribution in [0.1, 0.15) is 48.7 Å². The molecule has 2 aromatic heterocycles. The number of fused-ring (bicyclic) bond motifs is 3. The highest BCUT2D eigenvalue weighted by Crippen LogP contribution is 2.49. The molecule has 0 aliphatic heterocycles. The lowest BCUT2D eigenvalue weighted by Crippen LogP contribution is -2.36. The highest BCUT2D eigenvalue weighted by molar-refractivity contribution is 7.34. The molecule has 8 nitrogen and oxygen atoms in total. The first-order valence-corrected chi connectivity index (χ1v) is 13.3. The minimum atomic E-state index is -0.532. The number of methoxy groups -OCH3 is 2. The van der Waals surface area contributed by atoms with Gasteiger partial charge in [-0.1, -0.05) is 31.4 Å². The van der Waals surface area contributed by atoms with Crippen LogP contribution < -0.4 is 9.64 Å². The molecule has 1 saturated carbocycles. The first-order chi connectivity index (χ1) is 17.0. The zero-order valence-corrected chi connectivity index (χ0v) is 21.7. The predicted octanol–water partition coefficient (Wildman–Crippen LogP) is 6.00. The number of carbonyl (C=O) groups excluding carboxylic acids is 3. The van der Waals surface area contributed by atoms with Crippen molar-refractivity contribution in [3.05, 3.63) is 23.1 Å². The number of hydrogen-bond donors (Lipinski definition) is 0. The minimum Gasteiger partial charge on any atom is -0.479 e. The largest absolute Gasteiger partial charge is 0.479 e. The molecule has 0 spiro atoms. The molecule has 4 rings (SSSR count). The molecule has 2 heterocycles. The Labute approximate surface area is 211 Å². The standard InChI is InChI=1S/C25H29NO7S2/c1-4-32-18(27)14-33-19-22-21(35-23(19)24(28)30-2)16-11-8-12-17(20(16)34-22)26(25(29)31-3)13-15-9-6-5-7-10-15/h8,11-12,15H,4-7,9-10,13-14H2,1-3H3. The summed E-state index contributed by atoms with van der Waals surface area (Å²) in [4.78, 5) is 39.2. The number of benzene rings is 1. The Balaban J connectivity index is 1.79. The van der Waals surface area contributed by atoms with Crippen LogP contribution in [-0.4, -0.2) is 52.0 Å². The maximum Gasteiger partial charge on any atom is 0.414 e. The van der Waals surface area contributed by atoms with Gasteiger partial charge in [0.15, 0.2) is 17.2 Å². The average molecular weight is 520 g/mol. The molecule has 1 aromatic carbocycles. The van der Waals surface area contributed by atoms with Gasteiger partial charge in [0.2, 0.25) is 0 Å². The van der Waals surface area contributed by atoms with E-state index < -0.39 is 18.0 Å². The first-order valence-electron chi connectivity index (χ1n) is 11.7. The lowest BCUT2D eigenvalue weighted by atomic mass is 9.89. The van der Waals surface area contributed by atoms with E-state index in [4.69, 9.17) is 18.9 Å². The van der Waals surface area contributed by atoms with Crippen LogP contribution in [0.15, 0.2) is 18.2 Å². The molecular weight excluding hydrogens is 490 g/mol. The molecule has 1 aliphatic carbocycles. The molecule has 3 aromatic rings. The maximum atomic E-state index is 12.8. The van der Waals surface area contributed by atoms with Crippen molar-refractivity contribution >= 4 is 65.9 Å². The third-order valence-corrected chi connectivity index (χ3v) is 8.67. The minimum absolute atomic E-state index is 0.238. The number of thiophene rings is 2. The second kappa shape index (κ2) is 11.3. The van der Waals surface area contributed by atoms with E-state index in [0.29, 0.717) is 18.2 Å². The van der Waals surface area contributed by atoms with Crippen LogP contribution in [0.4, 0.5) is 10.5 Å². The number of hydrogen-bond acceptors (Lipinski definition) is 9. The van der Waals surface area contributed by atoms with Gasteiger partial charge in [-0.2, -0.15) is 0 Å². The highest BCUT2D eigenvalue weighted by Gasteiger charge is 2.29. The molecule has 0 unspecified atom stereocenters. The summed E-state index contributed by atoms with van der Waals surface area (Å²) in [5.74, 6) is -0.327. The van der Waals surface area contributed by atoms with Crippen LogP contribution >= 0.6 is 22.7 Å². The summed E-state index contributed by atoms with van der Waals surface area (Å²) in [6.07, 6.45) is 5.39. The van der Waals surface area contributed by atoms with Crippen LogP contribution in [0.5, 0.6) is 5.75 Å². The quantitative estimate of drug-likeness (QED) is 0.266. The summed E-state index contributed by atoms with van der Waals surface area (Å²) in [6.45, 7) is 2.23. The van der Waals surface area contributed by atoms with E-state index in [9.17, 15) is 14.4 Å². The molecule has 188 valence electrons. The third-order valence-electron chi connectivity index (χ3n) is 6.13. The Morgan fingerprint density at radius 3 is 2.46 bits per heavy atom.